The second kappa shape index (κ2) is 6.20. The fourth-order valence-electron chi connectivity index (χ4n) is 3.87. The first kappa shape index (κ1) is 16.7. The number of allylic oxidation sites excluding steroid dienone is 3. The van der Waals surface area contributed by atoms with Crippen LogP contribution in [0.1, 0.15) is 43.9 Å². The summed E-state index contributed by atoms with van der Waals surface area (Å²) in [6.07, 6.45) is 5.11. The maximum absolute atomic E-state index is 13.4. The number of carbonyl (C=O) groups excluding carboxylic acids is 1. The number of ketones is 1. The first-order valence-corrected chi connectivity index (χ1v) is 8.85. The highest BCUT2D eigenvalue weighted by molar-refractivity contribution is 6.00. The molecule has 2 aliphatic rings. The number of hydrogen-bond acceptors (Lipinski definition) is 3. The molecule has 0 unspecified atom stereocenters. The summed E-state index contributed by atoms with van der Waals surface area (Å²) in [5.41, 5.74) is 4.33. The van der Waals surface area contributed by atoms with Gasteiger partial charge in [0.15, 0.2) is 5.78 Å². The van der Waals surface area contributed by atoms with Gasteiger partial charge in [0, 0.05) is 29.8 Å². The van der Waals surface area contributed by atoms with E-state index in [1.54, 1.807) is 18.3 Å². The van der Waals surface area contributed by atoms with Gasteiger partial charge >= 0.3 is 0 Å². The summed E-state index contributed by atoms with van der Waals surface area (Å²) in [7, 11) is 0. The van der Waals surface area contributed by atoms with Gasteiger partial charge in [0.05, 0.1) is 11.4 Å². The molecular formula is C22H21FN2O. The quantitative estimate of drug-likeness (QED) is 0.863. The normalized spacial score (nSPS) is 21.7. The summed E-state index contributed by atoms with van der Waals surface area (Å²) in [5, 5.41) is 3.45. The molecule has 0 saturated carbocycles. The predicted octanol–water partition coefficient (Wildman–Crippen LogP) is 4.59. The smallest absolute Gasteiger partial charge is 0.162 e. The van der Waals surface area contributed by atoms with E-state index in [9.17, 15) is 9.18 Å². The van der Waals surface area contributed by atoms with Crippen molar-refractivity contribution in [3.05, 3.63) is 83.1 Å². The number of aromatic nitrogens is 1. The molecule has 0 saturated heterocycles. The fraction of sp³-hybridized carbons (Fsp3) is 0.273. The molecule has 2 heterocycles. The van der Waals surface area contributed by atoms with Gasteiger partial charge in [-0.15, -0.1) is 0 Å². The molecule has 26 heavy (non-hydrogen) atoms. The Morgan fingerprint density at radius 3 is 2.58 bits per heavy atom. The molecule has 1 atom stereocenters. The molecule has 132 valence electrons. The second-order valence-electron chi connectivity index (χ2n) is 7.78. The van der Waals surface area contributed by atoms with E-state index >= 15 is 0 Å². The van der Waals surface area contributed by atoms with E-state index < -0.39 is 0 Å². The minimum Gasteiger partial charge on any atom is -0.357 e. The minimum absolute atomic E-state index is 0.0805. The van der Waals surface area contributed by atoms with E-state index in [0.717, 1.165) is 34.6 Å². The molecule has 1 aromatic heterocycles. The average Bonchev–Trinajstić information content (AvgIpc) is 2.61. The van der Waals surface area contributed by atoms with Crippen molar-refractivity contribution in [1.82, 2.24) is 10.3 Å². The Balaban J connectivity index is 1.84. The number of rotatable bonds is 2. The van der Waals surface area contributed by atoms with Crippen molar-refractivity contribution in [1.29, 1.82) is 0 Å². The third-order valence-corrected chi connectivity index (χ3v) is 5.02. The summed E-state index contributed by atoms with van der Waals surface area (Å²) in [6, 6.07) is 12.2. The highest BCUT2D eigenvalue weighted by atomic mass is 19.1. The lowest BCUT2D eigenvalue weighted by atomic mass is 9.70. The number of Topliss-reactive ketones (excluding diaryl/α,β-unsaturated/α-hetero) is 1. The Hall–Kier alpha value is -2.75. The van der Waals surface area contributed by atoms with Crippen molar-refractivity contribution < 1.29 is 9.18 Å². The number of dihydropyridines is 1. The monoisotopic (exact) mass is 348 g/mol. The van der Waals surface area contributed by atoms with Crippen LogP contribution >= 0.6 is 0 Å². The zero-order valence-electron chi connectivity index (χ0n) is 14.9. The minimum atomic E-state index is -0.276. The maximum Gasteiger partial charge on any atom is 0.162 e. The van der Waals surface area contributed by atoms with E-state index in [0.29, 0.717) is 6.42 Å². The summed E-state index contributed by atoms with van der Waals surface area (Å²) >= 11 is 0. The zero-order chi connectivity index (χ0) is 18.3. The van der Waals surface area contributed by atoms with Gasteiger partial charge in [0.25, 0.3) is 0 Å². The first-order valence-electron chi connectivity index (χ1n) is 8.85. The van der Waals surface area contributed by atoms with Gasteiger partial charge in [-0.05, 0) is 47.7 Å². The van der Waals surface area contributed by atoms with Crippen LogP contribution < -0.4 is 5.32 Å². The molecule has 1 N–H and O–H groups in total. The summed E-state index contributed by atoms with van der Waals surface area (Å²) in [5.74, 6) is -0.302. The van der Waals surface area contributed by atoms with E-state index in [1.807, 2.05) is 24.3 Å². The standard InChI is InChI=1S/C22H21FN2O/c1-22(2)12-19-21(20(26)13-22)16(14-6-8-15(23)9-7-14)11-18(25-19)17-5-3-4-10-24-17/h3-11,16,25H,12-13H2,1-2H3/t16-/m0/s1. The maximum atomic E-state index is 13.4. The van der Waals surface area contributed by atoms with Crippen LogP contribution in [0.25, 0.3) is 5.70 Å². The molecule has 0 bridgehead atoms. The molecule has 0 spiro atoms. The number of benzene rings is 1. The van der Waals surface area contributed by atoms with Crippen LogP contribution in [0.5, 0.6) is 0 Å². The third-order valence-electron chi connectivity index (χ3n) is 5.02. The van der Waals surface area contributed by atoms with Crippen molar-refractivity contribution in [3.8, 4) is 0 Å². The molecule has 0 fully saturated rings. The van der Waals surface area contributed by atoms with E-state index in [4.69, 9.17) is 0 Å². The zero-order valence-corrected chi connectivity index (χ0v) is 14.9. The number of hydrogen-bond donors (Lipinski definition) is 1. The van der Waals surface area contributed by atoms with Gasteiger partial charge in [-0.2, -0.15) is 0 Å². The van der Waals surface area contributed by atoms with Crippen LogP contribution in [-0.4, -0.2) is 10.8 Å². The van der Waals surface area contributed by atoms with Crippen LogP contribution in [0.2, 0.25) is 0 Å². The van der Waals surface area contributed by atoms with Crippen molar-refractivity contribution in [2.45, 2.75) is 32.6 Å². The van der Waals surface area contributed by atoms with Crippen LogP contribution in [0.3, 0.4) is 0 Å². The van der Waals surface area contributed by atoms with E-state index in [2.05, 4.69) is 24.1 Å². The Morgan fingerprint density at radius 2 is 1.88 bits per heavy atom. The SMILES string of the molecule is CC1(C)CC(=O)C2=C(C1)NC(c1ccccn1)=C[C@H]2c1ccc(F)cc1. The predicted molar refractivity (Wildman–Crippen MR) is 99.5 cm³/mol. The van der Waals surface area contributed by atoms with Gasteiger partial charge < -0.3 is 5.32 Å². The number of nitrogens with zero attached hydrogens (tertiary/aromatic N) is 1. The topological polar surface area (TPSA) is 42.0 Å². The number of nitrogens with one attached hydrogen (secondary N) is 1. The molecule has 3 nitrogen and oxygen atoms in total. The number of pyridine rings is 1. The van der Waals surface area contributed by atoms with Gasteiger partial charge in [-0.1, -0.05) is 32.0 Å². The third kappa shape index (κ3) is 3.07. The molecule has 4 heteroatoms. The Bertz CT molecular complexity index is 911. The lowest BCUT2D eigenvalue weighted by Crippen LogP contribution is -2.35. The second-order valence-corrected chi connectivity index (χ2v) is 7.78. The molecular weight excluding hydrogens is 327 g/mol. The Morgan fingerprint density at radius 1 is 1.12 bits per heavy atom. The van der Waals surface area contributed by atoms with Crippen molar-refractivity contribution in [3.63, 3.8) is 0 Å². The summed E-state index contributed by atoms with van der Waals surface area (Å²) < 4.78 is 13.4. The van der Waals surface area contributed by atoms with E-state index in [1.165, 1.54) is 12.1 Å². The largest absolute Gasteiger partial charge is 0.357 e. The molecule has 0 amide bonds. The average molecular weight is 348 g/mol. The van der Waals surface area contributed by atoms with Gasteiger partial charge in [-0.25, -0.2) is 4.39 Å². The van der Waals surface area contributed by atoms with Crippen LogP contribution in [-0.2, 0) is 4.79 Å². The van der Waals surface area contributed by atoms with Crippen LogP contribution in [0, 0.1) is 11.2 Å². The lowest BCUT2D eigenvalue weighted by molar-refractivity contribution is -0.118. The van der Waals surface area contributed by atoms with Crippen LogP contribution in [0.15, 0.2) is 66.0 Å². The van der Waals surface area contributed by atoms with Crippen molar-refractivity contribution in [2.75, 3.05) is 0 Å². The Labute approximate surface area is 152 Å². The van der Waals surface area contributed by atoms with Crippen LogP contribution in [0.4, 0.5) is 4.39 Å². The molecule has 1 aliphatic carbocycles. The van der Waals surface area contributed by atoms with Crippen molar-refractivity contribution >= 4 is 11.5 Å². The highest BCUT2D eigenvalue weighted by Gasteiger charge is 2.38. The molecule has 1 aromatic carbocycles. The van der Waals surface area contributed by atoms with E-state index in [-0.39, 0.29) is 22.9 Å². The van der Waals surface area contributed by atoms with Crippen molar-refractivity contribution in [2.24, 2.45) is 5.41 Å². The highest BCUT2D eigenvalue weighted by Crippen LogP contribution is 2.44. The van der Waals surface area contributed by atoms with Gasteiger partial charge in [0.1, 0.15) is 5.82 Å². The number of halogens is 1. The molecule has 1 aliphatic heterocycles. The molecule has 0 radical (unpaired) electrons. The van der Waals surface area contributed by atoms with Gasteiger partial charge in [0.2, 0.25) is 0 Å². The molecule has 2 aromatic rings. The summed E-state index contributed by atoms with van der Waals surface area (Å²) in [4.78, 5) is 17.4. The fourth-order valence-corrected chi connectivity index (χ4v) is 3.87. The lowest BCUT2D eigenvalue weighted by Gasteiger charge is -2.38. The first-order chi connectivity index (χ1) is 12.4. The number of carbonyl (C=O) groups is 1. The summed E-state index contributed by atoms with van der Waals surface area (Å²) in [6.45, 7) is 4.23. The Kier molecular flexibility index (Phi) is 3.98. The van der Waals surface area contributed by atoms with Gasteiger partial charge in [-0.3, -0.25) is 9.78 Å². The molecule has 4 rings (SSSR count).